The van der Waals surface area contributed by atoms with Crippen LogP contribution in [-0.2, 0) is 34.0 Å². The van der Waals surface area contributed by atoms with E-state index in [9.17, 15) is 9.50 Å². The zero-order valence-electron chi connectivity index (χ0n) is 14.1. The standard InChI is InChI=1S/C13H11FO.C6H9N4.W/c14-12-8-6-11(7-9-12)13(15)10-4-2-1-3-5-10;7-6-9-4-1-2-8-3-5(4)10-6;/h1-9,13,15H;8H,1-3H2,(H2-,7,9,10);/q;-1;. The van der Waals surface area contributed by atoms with Crippen LogP contribution in [0.2, 0.25) is 0 Å². The van der Waals surface area contributed by atoms with Gasteiger partial charge < -0.3 is 26.1 Å². The van der Waals surface area contributed by atoms with Crippen molar-refractivity contribution in [3.8, 4) is 0 Å². The number of hydrogen-bond donors (Lipinski definition) is 3. The van der Waals surface area contributed by atoms with Gasteiger partial charge in [-0.15, -0.1) is 0 Å². The first-order chi connectivity index (χ1) is 12.1. The van der Waals surface area contributed by atoms with Crippen LogP contribution in [-0.4, -0.2) is 16.6 Å². The van der Waals surface area contributed by atoms with Crippen molar-refractivity contribution in [2.45, 2.75) is 19.1 Å². The van der Waals surface area contributed by atoms with E-state index in [4.69, 9.17) is 5.73 Å². The summed E-state index contributed by atoms with van der Waals surface area (Å²) in [6.45, 7) is 1.81. The van der Waals surface area contributed by atoms with E-state index >= 15 is 0 Å². The SMILES string of the molecule is Nc1nc2c([n-]1)CCNC2.OC(c1ccccc1)c1ccc(F)cc1.[W]. The van der Waals surface area contributed by atoms with Gasteiger partial charge in [0.1, 0.15) is 11.9 Å². The molecule has 3 aromatic rings. The molecule has 0 bridgehead atoms. The Morgan fingerprint density at radius 2 is 1.73 bits per heavy atom. The van der Waals surface area contributed by atoms with Crippen LogP contribution >= 0.6 is 0 Å². The Balaban J connectivity index is 0.000000193. The van der Waals surface area contributed by atoms with E-state index in [-0.39, 0.29) is 26.9 Å². The Kier molecular flexibility index (Phi) is 7.51. The zero-order valence-corrected chi connectivity index (χ0v) is 17.0. The summed E-state index contributed by atoms with van der Waals surface area (Å²) in [4.78, 5) is 8.13. The molecule has 0 radical (unpaired) electrons. The number of fused-ring (bicyclic) bond motifs is 1. The molecule has 4 rings (SSSR count). The van der Waals surface area contributed by atoms with Crippen LogP contribution in [0.25, 0.3) is 0 Å². The van der Waals surface area contributed by atoms with Crippen LogP contribution in [0.3, 0.4) is 0 Å². The molecular formula is C19H20FN4OW-. The van der Waals surface area contributed by atoms with E-state index in [0.29, 0.717) is 11.5 Å². The van der Waals surface area contributed by atoms with Crippen molar-refractivity contribution in [3.63, 3.8) is 0 Å². The molecule has 1 unspecified atom stereocenters. The van der Waals surface area contributed by atoms with Gasteiger partial charge in [-0.3, -0.25) is 0 Å². The molecular weight excluding hydrogens is 503 g/mol. The minimum atomic E-state index is -0.688. The fourth-order valence-corrected chi connectivity index (χ4v) is 2.66. The van der Waals surface area contributed by atoms with Gasteiger partial charge in [0, 0.05) is 33.6 Å². The Morgan fingerprint density at radius 3 is 2.38 bits per heavy atom. The van der Waals surface area contributed by atoms with Crippen LogP contribution in [0, 0.1) is 5.82 Å². The summed E-state index contributed by atoms with van der Waals surface area (Å²) < 4.78 is 12.7. The number of anilines is 1. The average molecular weight is 523 g/mol. The molecule has 2 aromatic carbocycles. The number of rotatable bonds is 2. The largest absolute Gasteiger partial charge is 0.453 e. The molecule has 0 fully saturated rings. The minimum absolute atomic E-state index is 0. The van der Waals surface area contributed by atoms with Crippen LogP contribution in [0.4, 0.5) is 10.3 Å². The number of imidazole rings is 1. The number of nitrogen functional groups attached to an aromatic ring is 1. The maximum absolute atomic E-state index is 12.7. The van der Waals surface area contributed by atoms with Gasteiger partial charge >= 0.3 is 0 Å². The molecule has 0 saturated heterocycles. The van der Waals surface area contributed by atoms with Gasteiger partial charge in [-0.25, -0.2) is 4.39 Å². The van der Waals surface area contributed by atoms with Gasteiger partial charge in [0.25, 0.3) is 0 Å². The molecule has 5 nitrogen and oxygen atoms in total. The molecule has 2 heterocycles. The van der Waals surface area contributed by atoms with E-state index in [1.165, 1.54) is 12.1 Å². The Bertz CT molecular complexity index is 785. The van der Waals surface area contributed by atoms with Crippen molar-refractivity contribution in [2.24, 2.45) is 0 Å². The minimum Gasteiger partial charge on any atom is -0.453 e. The van der Waals surface area contributed by atoms with Crippen molar-refractivity contribution in [1.29, 1.82) is 0 Å². The number of nitrogens with one attached hydrogen (secondary N) is 1. The predicted molar refractivity (Wildman–Crippen MR) is 94.3 cm³/mol. The van der Waals surface area contributed by atoms with Gasteiger partial charge in [0.15, 0.2) is 0 Å². The van der Waals surface area contributed by atoms with Crippen LogP contribution in [0.15, 0.2) is 54.6 Å². The third-order valence-corrected chi connectivity index (χ3v) is 3.96. The number of nitrogens with two attached hydrogens (primary N) is 1. The monoisotopic (exact) mass is 523 g/mol. The molecule has 1 aliphatic heterocycles. The van der Waals surface area contributed by atoms with Crippen molar-refractivity contribution >= 4 is 5.95 Å². The average Bonchev–Trinajstić information content (AvgIpc) is 3.03. The number of nitrogens with zero attached hydrogens (tertiary/aromatic N) is 2. The smallest absolute Gasteiger partial charge is 0.123 e. The Morgan fingerprint density at radius 1 is 1.08 bits per heavy atom. The van der Waals surface area contributed by atoms with E-state index in [2.05, 4.69) is 15.3 Å². The predicted octanol–water partition coefficient (Wildman–Crippen LogP) is 2.17. The first-order valence-electron chi connectivity index (χ1n) is 8.10. The Hall–Kier alpha value is -2.01. The summed E-state index contributed by atoms with van der Waals surface area (Å²) in [6.07, 6.45) is 0.270. The zero-order chi connectivity index (χ0) is 17.6. The van der Waals surface area contributed by atoms with E-state index in [0.717, 1.165) is 36.5 Å². The summed E-state index contributed by atoms with van der Waals surface area (Å²) in [5, 5.41) is 13.2. The third-order valence-electron chi connectivity index (χ3n) is 3.96. The van der Waals surface area contributed by atoms with Crippen molar-refractivity contribution in [1.82, 2.24) is 15.3 Å². The number of aromatic nitrogens is 2. The molecule has 0 spiro atoms. The molecule has 1 aliphatic rings. The first kappa shape index (κ1) is 20.3. The molecule has 1 aromatic heterocycles. The molecule has 4 N–H and O–H groups in total. The molecule has 26 heavy (non-hydrogen) atoms. The summed E-state index contributed by atoms with van der Waals surface area (Å²) in [5.74, 6) is 0.118. The number of hydrogen-bond acceptors (Lipinski definition) is 4. The number of aliphatic hydroxyl groups excluding tert-OH is 1. The van der Waals surface area contributed by atoms with E-state index in [1.54, 1.807) is 12.1 Å². The molecule has 0 saturated carbocycles. The summed E-state index contributed by atoms with van der Waals surface area (Å²) in [7, 11) is 0. The van der Waals surface area contributed by atoms with Gasteiger partial charge in [-0.1, -0.05) is 42.5 Å². The molecule has 0 aliphatic carbocycles. The van der Waals surface area contributed by atoms with Gasteiger partial charge in [0.05, 0.1) is 0 Å². The van der Waals surface area contributed by atoms with Crippen LogP contribution < -0.4 is 16.0 Å². The molecule has 7 heteroatoms. The van der Waals surface area contributed by atoms with Gasteiger partial charge in [-0.05, 0) is 47.6 Å². The van der Waals surface area contributed by atoms with Crippen molar-refractivity contribution in [3.05, 3.63) is 82.9 Å². The summed E-state index contributed by atoms with van der Waals surface area (Å²) in [5.41, 5.74) is 9.00. The summed E-state index contributed by atoms with van der Waals surface area (Å²) >= 11 is 0. The maximum atomic E-state index is 12.7. The second-order valence-corrected chi connectivity index (χ2v) is 5.77. The van der Waals surface area contributed by atoms with Crippen molar-refractivity contribution < 1.29 is 30.6 Å². The van der Waals surface area contributed by atoms with Crippen LogP contribution in [0.1, 0.15) is 28.6 Å². The first-order valence-corrected chi connectivity index (χ1v) is 8.10. The third kappa shape index (κ3) is 5.24. The van der Waals surface area contributed by atoms with Gasteiger partial charge in [-0.2, -0.15) is 0 Å². The topological polar surface area (TPSA) is 85.3 Å². The molecule has 136 valence electrons. The second-order valence-electron chi connectivity index (χ2n) is 5.77. The number of benzene rings is 2. The van der Waals surface area contributed by atoms with E-state index < -0.39 is 6.10 Å². The molecule has 0 amide bonds. The fourth-order valence-electron chi connectivity index (χ4n) is 2.66. The fraction of sp³-hybridized carbons (Fsp3) is 0.211. The summed E-state index contributed by atoms with van der Waals surface area (Å²) in [6, 6.07) is 15.2. The molecule has 1 atom stereocenters. The number of halogens is 1. The quantitative estimate of drug-likeness (QED) is 0.480. The normalized spacial score (nSPS) is 13.6. The van der Waals surface area contributed by atoms with Gasteiger partial charge in [0.2, 0.25) is 0 Å². The number of aliphatic hydroxyl groups is 1. The second kappa shape index (κ2) is 9.62. The Labute approximate surface area is 166 Å². The van der Waals surface area contributed by atoms with Crippen molar-refractivity contribution in [2.75, 3.05) is 12.3 Å². The van der Waals surface area contributed by atoms with E-state index in [1.807, 2.05) is 30.3 Å². The van der Waals surface area contributed by atoms with Crippen LogP contribution in [0.5, 0.6) is 0 Å². The maximum Gasteiger partial charge on any atom is 0.123 e.